The summed E-state index contributed by atoms with van der Waals surface area (Å²) in [4.78, 5) is 17.4. The SMILES string of the molecule is CCOCCc1cc(C(=O)NCc2cc(N)cc(F)c2)c(C(C)C)n1Cc1cccnc1. The number of carbonyl (C=O) groups excluding carboxylic acids is 1. The first kappa shape index (κ1) is 23.5. The fraction of sp³-hybridized carbons (Fsp3) is 0.360. The first-order valence-corrected chi connectivity index (χ1v) is 10.9. The predicted molar refractivity (Wildman–Crippen MR) is 124 cm³/mol. The maximum Gasteiger partial charge on any atom is 0.253 e. The third kappa shape index (κ3) is 5.95. The van der Waals surface area contributed by atoms with Crippen molar-refractivity contribution in [1.29, 1.82) is 0 Å². The number of halogens is 1. The zero-order chi connectivity index (χ0) is 23.1. The molecule has 0 bridgehead atoms. The van der Waals surface area contributed by atoms with Crippen molar-refractivity contribution in [1.82, 2.24) is 14.9 Å². The summed E-state index contributed by atoms with van der Waals surface area (Å²) in [6.07, 6.45) is 4.28. The van der Waals surface area contributed by atoms with Crippen LogP contribution < -0.4 is 11.1 Å². The number of nitrogen functional groups attached to an aromatic ring is 1. The van der Waals surface area contributed by atoms with Gasteiger partial charge >= 0.3 is 0 Å². The lowest BCUT2D eigenvalue weighted by Gasteiger charge is -2.17. The Balaban J connectivity index is 1.90. The van der Waals surface area contributed by atoms with Gasteiger partial charge in [-0.15, -0.1) is 0 Å². The molecule has 2 heterocycles. The molecule has 3 aromatic rings. The Morgan fingerprint density at radius 3 is 2.72 bits per heavy atom. The Morgan fingerprint density at radius 2 is 2.06 bits per heavy atom. The summed E-state index contributed by atoms with van der Waals surface area (Å²) < 4.78 is 21.4. The molecule has 170 valence electrons. The number of nitrogens with one attached hydrogen (secondary N) is 1. The average Bonchev–Trinajstić information content (AvgIpc) is 3.11. The third-order valence-corrected chi connectivity index (χ3v) is 5.22. The maximum absolute atomic E-state index is 13.6. The molecule has 3 N–H and O–H groups in total. The molecular weight excluding hydrogens is 407 g/mol. The maximum atomic E-state index is 13.6. The summed E-state index contributed by atoms with van der Waals surface area (Å²) in [6.45, 7) is 8.15. The van der Waals surface area contributed by atoms with Gasteiger partial charge in [-0.3, -0.25) is 9.78 Å². The molecule has 0 unspecified atom stereocenters. The lowest BCUT2D eigenvalue weighted by molar-refractivity contribution is 0.0949. The molecule has 0 aliphatic heterocycles. The Hall–Kier alpha value is -3.19. The first-order chi connectivity index (χ1) is 15.4. The molecule has 0 fully saturated rings. The second kappa shape index (κ2) is 10.9. The summed E-state index contributed by atoms with van der Waals surface area (Å²) in [5.74, 6) is -0.491. The number of amides is 1. The highest BCUT2D eigenvalue weighted by atomic mass is 19.1. The van der Waals surface area contributed by atoms with Crippen molar-refractivity contribution in [3.63, 3.8) is 0 Å². The van der Waals surface area contributed by atoms with Crippen molar-refractivity contribution in [2.24, 2.45) is 0 Å². The largest absolute Gasteiger partial charge is 0.399 e. The molecule has 1 amide bonds. The number of nitrogens with two attached hydrogens (primary N) is 1. The summed E-state index contributed by atoms with van der Waals surface area (Å²) >= 11 is 0. The zero-order valence-corrected chi connectivity index (χ0v) is 18.9. The normalized spacial score (nSPS) is 11.2. The van der Waals surface area contributed by atoms with E-state index in [1.54, 1.807) is 12.3 Å². The minimum absolute atomic E-state index is 0.123. The number of ether oxygens (including phenoxy) is 1. The highest BCUT2D eigenvalue weighted by molar-refractivity contribution is 5.96. The van der Waals surface area contributed by atoms with Crippen LogP contribution in [0.5, 0.6) is 0 Å². The van der Waals surface area contributed by atoms with Gasteiger partial charge in [-0.05, 0) is 54.3 Å². The van der Waals surface area contributed by atoms with Gasteiger partial charge in [0.2, 0.25) is 0 Å². The Bertz CT molecular complexity index is 1030. The van der Waals surface area contributed by atoms with Gasteiger partial charge in [-0.1, -0.05) is 19.9 Å². The van der Waals surface area contributed by atoms with Crippen LogP contribution in [-0.2, 0) is 24.2 Å². The van der Waals surface area contributed by atoms with E-state index >= 15 is 0 Å². The number of nitrogens with zero attached hydrogens (tertiary/aromatic N) is 2. The van der Waals surface area contributed by atoms with Gasteiger partial charge in [0.1, 0.15) is 5.82 Å². The van der Waals surface area contributed by atoms with Gasteiger partial charge < -0.3 is 20.4 Å². The lowest BCUT2D eigenvalue weighted by Crippen LogP contribution is -2.24. The van der Waals surface area contributed by atoms with Gasteiger partial charge in [0.25, 0.3) is 5.91 Å². The van der Waals surface area contributed by atoms with E-state index in [1.807, 2.05) is 31.3 Å². The smallest absolute Gasteiger partial charge is 0.253 e. The number of pyridine rings is 1. The number of hydrogen-bond acceptors (Lipinski definition) is 4. The molecule has 0 aliphatic carbocycles. The third-order valence-electron chi connectivity index (χ3n) is 5.22. The summed E-state index contributed by atoms with van der Waals surface area (Å²) in [5, 5.41) is 2.92. The fourth-order valence-electron chi connectivity index (χ4n) is 3.87. The molecule has 0 atom stereocenters. The molecule has 3 rings (SSSR count). The van der Waals surface area contributed by atoms with Crippen molar-refractivity contribution in [3.8, 4) is 0 Å². The number of hydrogen-bond donors (Lipinski definition) is 2. The highest BCUT2D eigenvalue weighted by Crippen LogP contribution is 2.26. The lowest BCUT2D eigenvalue weighted by atomic mass is 10.0. The van der Waals surface area contributed by atoms with E-state index in [1.165, 1.54) is 12.1 Å². The van der Waals surface area contributed by atoms with Crippen molar-refractivity contribution in [3.05, 3.63) is 82.7 Å². The van der Waals surface area contributed by atoms with E-state index in [-0.39, 0.29) is 18.4 Å². The summed E-state index contributed by atoms with van der Waals surface area (Å²) in [7, 11) is 0. The number of benzene rings is 1. The second-order valence-electron chi connectivity index (χ2n) is 8.06. The van der Waals surface area contributed by atoms with E-state index in [9.17, 15) is 9.18 Å². The van der Waals surface area contributed by atoms with E-state index in [0.29, 0.717) is 43.0 Å². The topological polar surface area (TPSA) is 82.2 Å². The van der Waals surface area contributed by atoms with Crippen molar-refractivity contribution < 1.29 is 13.9 Å². The number of anilines is 1. The molecule has 0 saturated heterocycles. The van der Waals surface area contributed by atoms with E-state index in [0.717, 1.165) is 17.0 Å². The Kier molecular flexibility index (Phi) is 8.00. The predicted octanol–water partition coefficient (Wildman–Crippen LogP) is 4.29. The summed E-state index contributed by atoms with van der Waals surface area (Å²) in [6, 6.07) is 10.2. The van der Waals surface area contributed by atoms with Gasteiger partial charge in [0, 0.05) is 55.6 Å². The monoisotopic (exact) mass is 438 g/mol. The van der Waals surface area contributed by atoms with Crippen LogP contribution in [0.4, 0.5) is 10.1 Å². The molecule has 0 radical (unpaired) electrons. The van der Waals surface area contributed by atoms with E-state index in [4.69, 9.17) is 10.5 Å². The Labute approximate surface area is 188 Å². The second-order valence-corrected chi connectivity index (χ2v) is 8.06. The number of carbonyl (C=O) groups is 1. The van der Waals surface area contributed by atoms with Gasteiger partial charge in [0.15, 0.2) is 0 Å². The number of rotatable bonds is 10. The fourth-order valence-corrected chi connectivity index (χ4v) is 3.87. The van der Waals surface area contributed by atoms with Crippen molar-refractivity contribution in [2.45, 2.75) is 46.2 Å². The summed E-state index contributed by atoms with van der Waals surface area (Å²) in [5.41, 5.74) is 10.3. The van der Waals surface area contributed by atoms with Crippen LogP contribution in [0.15, 0.2) is 48.8 Å². The highest BCUT2D eigenvalue weighted by Gasteiger charge is 2.22. The van der Waals surface area contributed by atoms with Crippen LogP contribution in [-0.4, -0.2) is 28.7 Å². The van der Waals surface area contributed by atoms with Crippen LogP contribution in [0.25, 0.3) is 0 Å². The van der Waals surface area contributed by atoms with Crippen LogP contribution in [0, 0.1) is 5.82 Å². The van der Waals surface area contributed by atoms with Gasteiger partial charge in [0.05, 0.1) is 12.2 Å². The van der Waals surface area contributed by atoms with Crippen molar-refractivity contribution >= 4 is 11.6 Å². The minimum atomic E-state index is -0.419. The van der Waals surface area contributed by atoms with Gasteiger partial charge in [-0.25, -0.2) is 4.39 Å². The molecular formula is C25H31FN4O2. The molecule has 0 spiro atoms. The van der Waals surface area contributed by atoms with Crippen LogP contribution in [0.1, 0.15) is 59.6 Å². The minimum Gasteiger partial charge on any atom is -0.399 e. The first-order valence-electron chi connectivity index (χ1n) is 10.9. The van der Waals surface area contributed by atoms with Gasteiger partial charge in [-0.2, -0.15) is 0 Å². The molecule has 1 aromatic carbocycles. The van der Waals surface area contributed by atoms with Crippen LogP contribution in [0.3, 0.4) is 0 Å². The average molecular weight is 439 g/mol. The van der Waals surface area contributed by atoms with Crippen LogP contribution in [0.2, 0.25) is 0 Å². The molecule has 2 aromatic heterocycles. The molecule has 6 nitrogen and oxygen atoms in total. The molecule has 0 aliphatic rings. The number of aromatic nitrogens is 2. The molecule has 0 saturated carbocycles. The van der Waals surface area contributed by atoms with E-state index < -0.39 is 5.82 Å². The van der Waals surface area contributed by atoms with Crippen molar-refractivity contribution in [2.75, 3.05) is 18.9 Å². The van der Waals surface area contributed by atoms with E-state index in [2.05, 4.69) is 28.7 Å². The Morgan fingerprint density at radius 1 is 1.25 bits per heavy atom. The zero-order valence-electron chi connectivity index (χ0n) is 18.9. The standard InChI is InChI=1S/C25H31FN4O2/c1-4-32-9-7-22-13-23(25(31)29-15-19-10-20(26)12-21(27)11-19)24(17(2)3)30(22)16-18-6-5-8-28-14-18/h5-6,8,10-14,17H,4,7,9,15-16,27H2,1-3H3,(H,29,31). The van der Waals surface area contributed by atoms with Crippen LogP contribution >= 0.6 is 0 Å². The molecule has 7 heteroatoms. The quantitative estimate of drug-likeness (QED) is 0.366. The molecule has 32 heavy (non-hydrogen) atoms.